The van der Waals surface area contributed by atoms with Crippen LogP contribution in [0.3, 0.4) is 0 Å². The van der Waals surface area contributed by atoms with Crippen molar-refractivity contribution in [1.29, 1.82) is 0 Å². The first-order chi connectivity index (χ1) is 3.27. The maximum absolute atomic E-state index is 9.63. The predicted molar refractivity (Wildman–Crippen MR) is 33.8 cm³/mol. The third-order valence-corrected chi connectivity index (χ3v) is 1.27. The molecule has 0 fully saturated rings. The number of carbonyl (C=O) groups is 1. The summed E-state index contributed by atoms with van der Waals surface area (Å²) in [4.78, 5) is 9.63. The van der Waals surface area contributed by atoms with Crippen LogP contribution in [0.5, 0.6) is 0 Å². The van der Waals surface area contributed by atoms with Gasteiger partial charge in [-0.3, -0.25) is 0 Å². The Hall–Kier alpha value is 0.742. The summed E-state index contributed by atoms with van der Waals surface area (Å²) in [5.41, 5.74) is 0. The number of carboxylic acid groups (broad SMARTS) is 1. The molecule has 4 heteroatoms. The molecule has 0 amide bonds. The second kappa shape index (κ2) is 7.74. The van der Waals surface area contributed by atoms with Crippen LogP contribution in [0, 0.1) is 0 Å². The van der Waals surface area contributed by atoms with Gasteiger partial charge in [0.2, 0.25) is 0 Å². The SMILES string of the molecule is CCSCC(=O)[O-].[Tl+]. The Labute approximate surface area is 73.2 Å². The van der Waals surface area contributed by atoms with Crippen LogP contribution in [0.15, 0.2) is 0 Å². The zero-order valence-corrected chi connectivity index (χ0v) is 10.0. The van der Waals surface area contributed by atoms with E-state index in [1.54, 1.807) is 0 Å². The van der Waals surface area contributed by atoms with E-state index in [-0.39, 0.29) is 33.1 Å². The number of thioether (sulfide) groups is 1. The van der Waals surface area contributed by atoms with Gasteiger partial charge in [-0.15, -0.1) is 0 Å². The van der Waals surface area contributed by atoms with Gasteiger partial charge in [-0.05, 0) is 5.75 Å². The standard InChI is InChI=1S/C4H8O2S.Tl/c1-2-7-3-4(5)6;/h2-3H2,1H3,(H,5,6);/q;+1/p-1. The molecule has 44 valence electrons. The maximum atomic E-state index is 9.63. The molecule has 2 nitrogen and oxygen atoms in total. The summed E-state index contributed by atoms with van der Waals surface area (Å²) in [5.74, 6) is -0.0170. The minimum absolute atomic E-state index is 0. The third kappa shape index (κ3) is 9.89. The van der Waals surface area contributed by atoms with Gasteiger partial charge in [0.1, 0.15) is 0 Å². The van der Waals surface area contributed by atoms with Gasteiger partial charge in [0, 0.05) is 5.75 Å². The second-order valence-electron chi connectivity index (χ2n) is 1.01. The number of hydrogen-bond donors (Lipinski definition) is 0. The van der Waals surface area contributed by atoms with E-state index in [1.165, 1.54) is 11.8 Å². The van der Waals surface area contributed by atoms with Gasteiger partial charge in [-0.1, -0.05) is 6.92 Å². The summed E-state index contributed by atoms with van der Waals surface area (Å²) in [6.07, 6.45) is 0. The van der Waals surface area contributed by atoms with Gasteiger partial charge in [0.25, 0.3) is 0 Å². The summed E-state index contributed by atoms with van der Waals surface area (Å²) in [6.45, 7) is 1.91. The van der Waals surface area contributed by atoms with Crippen LogP contribution in [-0.2, 0) is 4.79 Å². The quantitative estimate of drug-likeness (QED) is 0.633. The van der Waals surface area contributed by atoms with E-state index < -0.39 is 5.97 Å². The average Bonchev–Trinajstić information content (AvgIpc) is 1.61. The molecule has 0 aliphatic rings. The Morgan fingerprint density at radius 2 is 2.25 bits per heavy atom. The first-order valence-corrected chi connectivity index (χ1v) is 3.20. The molecule has 0 heterocycles. The molecule has 0 radical (unpaired) electrons. The van der Waals surface area contributed by atoms with Crippen molar-refractivity contribution in [2.45, 2.75) is 6.92 Å². The smallest absolute Gasteiger partial charge is 0.549 e. The van der Waals surface area contributed by atoms with Crippen LogP contribution in [0.4, 0.5) is 0 Å². The van der Waals surface area contributed by atoms with Crippen LogP contribution in [0.2, 0.25) is 0 Å². The summed E-state index contributed by atoms with van der Waals surface area (Å²) in [6, 6.07) is 0. The molecule has 0 aromatic rings. The minimum Gasteiger partial charge on any atom is -0.549 e. The molecule has 0 atom stereocenters. The summed E-state index contributed by atoms with van der Waals surface area (Å²) in [5, 5.41) is 9.63. The van der Waals surface area contributed by atoms with E-state index in [0.29, 0.717) is 0 Å². The summed E-state index contributed by atoms with van der Waals surface area (Å²) >= 11 is 1.35. The molecule has 0 aromatic heterocycles. The molecule has 0 spiro atoms. The van der Waals surface area contributed by atoms with E-state index in [1.807, 2.05) is 6.92 Å². The molecular weight excluding hydrogens is 316 g/mol. The number of rotatable bonds is 3. The molecular formula is C4H7O2STl. The second-order valence-corrected chi connectivity index (χ2v) is 2.28. The Bertz CT molecular complexity index is 67.1. The van der Waals surface area contributed by atoms with E-state index >= 15 is 0 Å². The fraction of sp³-hybridized carbons (Fsp3) is 0.750. The van der Waals surface area contributed by atoms with Gasteiger partial charge in [-0.2, -0.15) is 11.8 Å². The normalized spacial score (nSPS) is 7.62. The van der Waals surface area contributed by atoms with Crippen molar-refractivity contribution < 1.29 is 9.90 Å². The number of carboxylic acids is 1. The van der Waals surface area contributed by atoms with Gasteiger partial charge in [0.05, 0.1) is 5.97 Å². The third-order valence-electron chi connectivity index (χ3n) is 0.424. The average molecular weight is 324 g/mol. The molecule has 0 unspecified atom stereocenters. The van der Waals surface area contributed by atoms with Crippen molar-refractivity contribution in [3.63, 3.8) is 0 Å². The monoisotopic (exact) mass is 324 g/mol. The molecule has 8 heavy (non-hydrogen) atoms. The molecule has 0 bridgehead atoms. The van der Waals surface area contributed by atoms with E-state index in [2.05, 4.69) is 0 Å². The van der Waals surface area contributed by atoms with Crippen molar-refractivity contribution >= 4 is 45.0 Å². The molecule has 0 rings (SSSR count). The predicted octanol–water partition coefficient (Wildman–Crippen LogP) is -0.891. The van der Waals surface area contributed by atoms with Crippen molar-refractivity contribution in [3.05, 3.63) is 0 Å². The van der Waals surface area contributed by atoms with Crippen molar-refractivity contribution in [3.8, 4) is 0 Å². The Morgan fingerprint density at radius 3 is 2.38 bits per heavy atom. The number of hydrogen-bond acceptors (Lipinski definition) is 3. The molecule has 0 aliphatic carbocycles. The first kappa shape index (κ1) is 11.5. The van der Waals surface area contributed by atoms with Crippen LogP contribution in [0.1, 0.15) is 6.92 Å². The molecule has 0 aromatic carbocycles. The van der Waals surface area contributed by atoms with Crippen LogP contribution in [0.25, 0.3) is 0 Å². The molecule has 0 aliphatic heterocycles. The molecule has 0 N–H and O–H groups in total. The Morgan fingerprint density at radius 1 is 1.75 bits per heavy atom. The van der Waals surface area contributed by atoms with Crippen molar-refractivity contribution in [1.82, 2.24) is 0 Å². The summed E-state index contributed by atoms with van der Waals surface area (Å²) < 4.78 is 0. The molecule has 0 saturated heterocycles. The van der Waals surface area contributed by atoms with Crippen molar-refractivity contribution in [2.24, 2.45) is 0 Å². The fourth-order valence-electron chi connectivity index (χ4n) is 0.185. The zero-order chi connectivity index (χ0) is 5.70. The fourth-order valence-corrected chi connectivity index (χ4v) is 0.556. The minimum atomic E-state index is -0.980. The Balaban J connectivity index is 0. The summed E-state index contributed by atoms with van der Waals surface area (Å²) in [7, 11) is 0. The topological polar surface area (TPSA) is 40.1 Å². The van der Waals surface area contributed by atoms with Gasteiger partial charge in [-0.25, -0.2) is 0 Å². The van der Waals surface area contributed by atoms with E-state index in [4.69, 9.17) is 0 Å². The maximum Gasteiger partial charge on any atom is 1.00 e. The van der Waals surface area contributed by atoms with Crippen LogP contribution >= 0.6 is 11.8 Å². The molecule has 0 saturated carbocycles. The first-order valence-electron chi connectivity index (χ1n) is 2.05. The number of carbonyl (C=O) groups excluding carboxylic acids is 1. The van der Waals surface area contributed by atoms with Gasteiger partial charge >= 0.3 is 27.3 Å². The van der Waals surface area contributed by atoms with Gasteiger partial charge < -0.3 is 9.90 Å². The van der Waals surface area contributed by atoms with Crippen LogP contribution < -0.4 is 5.11 Å². The van der Waals surface area contributed by atoms with E-state index in [0.717, 1.165) is 5.75 Å². The number of aliphatic carboxylic acids is 1. The van der Waals surface area contributed by atoms with Gasteiger partial charge in [0.15, 0.2) is 0 Å². The van der Waals surface area contributed by atoms with E-state index in [9.17, 15) is 9.90 Å². The van der Waals surface area contributed by atoms with Crippen molar-refractivity contribution in [2.75, 3.05) is 11.5 Å². The zero-order valence-electron chi connectivity index (χ0n) is 4.72. The van der Waals surface area contributed by atoms with Crippen LogP contribution in [-0.4, -0.2) is 44.8 Å². The Kier molecular flexibility index (Phi) is 11.2. The largest absolute Gasteiger partial charge is 1.00 e.